The highest BCUT2D eigenvalue weighted by molar-refractivity contribution is 6.16. The molecule has 21 heavy (non-hydrogen) atoms. The van der Waals surface area contributed by atoms with Crippen LogP contribution in [0.5, 0.6) is 0 Å². The predicted molar refractivity (Wildman–Crippen MR) is 84.4 cm³/mol. The second kappa shape index (κ2) is 4.60. The Bertz CT molecular complexity index is 846. The number of ether oxygens (including phenoxy) is 1. The fraction of sp³-hybridized carbons (Fsp3) is 0.235. The van der Waals surface area contributed by atoms with Gasteiger partial charge in [0.25, 0.3) is 5.91 Å². The number of amides is 1. The zero-order valence-corrected chi connectivity index (χ0v) is 12.4. The first kappa shape index (κ1) is 13.6. The largest absolute Gasteiger partial charge is 0.374 e. The molecule has 108 valence electrons. The first-order valence-corrected chi connectivity index (χ1v) is 6.84. The Labute approximate surface area is 122 Å². The zero-order valence-electron chi connectivity index (χ0n) is 12.4. The van der Waals surface area contributed by atoms with Crippen LogP contribution in [0.2, 0.25) is 0 Å². The van der Waals surface area contributed by atoms with Crippen molar-refractivity contribution in [3.8, 4) is 0 Å². The highest BCUT2D eigenvalue weighted by atomic mass is 16.5. The van der Waals surface area contributed by atoms with Crippen molar-refractivity contribution < 1.29 is 9.53 Å². The van der Waals surface area contributed by atoms with E-state index >= 15 is 0 Å². The molecule has 0 atom stereocenters. The molecule has 1 amide bonds. The first-order valence-electron chi connectivity index (χ1n) is 6.84. The van der Waals surface area contributed by atoms with Gasteiger partial charge in [-0.15, -0.1) is 0 Å². The lowest BCUT2D eigenvalue weighted by atomic mass is 9.91. The smallest absolute Gasteiger partial charge is 0.250 e. The number of aromatic amines is 1. The van der Waals surface area contributed by atoms with Crippen molar-refractivity contribution in [2.75, 3.05) is 7.11 Å². The van der Waals surface area contributed by atoms with Gasteiger partial charge in [0.15, 0.2) is 0 Å². The molecule has 4 heteroatoms. The number of fused-ring (bicyclic) bond motifs is 3. The predicted octanol–water partition coefficient (Wildman–Crippen LogP) is 3.30. The molecule has 0 aliphatic rings. The van der Waals surface area contributed by atoms with Crippen LogP contribution in [0.3, 0.4) is 0 Å². The lowest BCUT2D eigenvalue weighted by Gasteiger charge is -2.25. The van der Waals surface area contributed by atoms with E-state index < -0.39 is 11.5 Å². The van der Waals surface area contributed by atoms with Crippen LogP contribution in [-0.2, 0) is 10.3 Å². The molecule has 1 heterocycles. The topological polar surface area (TPSA) is 68.1 Å². The Morgan fingerprint density at radius 2 is 1.90 bits per heavy atom. The standard InChI is InChI=1S/C17H18N2O2/c1-17(2,21-3)12-9-8-11(16(18)20)15-14(12)10-6-4-5-7-13(10)19-15/h4-9,19H,1-3H3,(H2,18,20). The summed E-state index contributed by atoms with van der Waals surface area (Å²) in [6, 6.07) is 11.7. The van der Waals surface area contributed by atoms with E-state index in [1.807, 2.05) is 44.2 Å². The van der Waals surface area contributed by atoms with Gasteiger partial charge in [-0.2, -0.15) is 0 Å². The molecular formula is C17H18N2O2. The van der Waals surface area contributed by atoms with Crippen molar-refractivity contribution in [3.05, 3.63) is 47.5 Å². The number of rotatable bonds is 3. The molecule has 0 saturated carbocycles. The lowest BCUT2D eigenvalue weighted by molar-refractivity contribution is 0.0205. The third-order valence-corrected chi connectivity index (χ3v) is 4.09. The fourth-order valence-corrected chi connectivity index (χ4v) is 2.77. The van der Waals surface area contributed by atoms with Crippen LogP contribution in [0.1, 0.15) is 29.8 Å². The number of nitrogens with two attached hydrogens (primary N) is 1. The van der Waals surface area contributed by atoms with Crippen molar-refractivity contribution in [1.82, 2.24) is 4.98 Å². The summed E-state index contributed by atoms with van der Waals surface area (Å²) in [5, 5.41) is 2.06. The summed E-state index contributed by atoms with van der Waals surface area (Å²) in [4.78, 5) is 15.0. The number of para-hydroxylation sites is 1. The molecule has 4 nitrogen and oxygen atoms in total. The minimum atomic E-state index is -0.459. The molecule has 0 aliphatic carbocycles. The Balaban J connectivity index is 2.51. The van der Waals surface area contributed by atoms with E-state index in [-0.39, 0.29) is 0 Å². The van der Waals surface area contributed by atoms with Gasteiger partial charge in [0.05, 0.1) is 16.7 Å². The summed E-state index contributed by atoms with van der Waals surface area (Å²) >= 11 is 0. The molecule has 0 bridgehead atoms. The average Bonchev–Trinajstić information content (AvgIpc) is 2.85. The van der Waals surface area contributed by atoms with E-state index in [1.54, 1.807) is 13.2 Å². The number of primary amides is 1. The Morgan fingerprint density at radius 1 is 1.19 bits per heavy atom. The van der Waals surface area contributed by atoms with Gasteiger partial charge in [-0.3, -0.25) is 4.79 Å². The fourth-order valence-electron chi connectivity index (χ4n) is 2.77. The number of benzene rings is 2. The normalized spacial score (nSPS) is 12.1. The van der Waals surface area contributed by atoms with Crippen LogP contribution in [0, 0.1) is 0 Å². The summed E-state index contributed by atoms with van der Waals surface area (Å²) < 4.78 is 5.62. The summed E-state index contributed by atoms with van der Waals surface area (Å²) in [7, 11) is 1.68. The summed E-state index contributed by atoms with van der Waals surface area (Å²) in [5.74, 6) is -0.437. The summed E-state index contributed by atoms with van der Waals surface area (Å²) in [5.41, 5.74) is 8.32. The maximum atomic E-state index is 11.7. The molecule has 3 aromatic rings. The third kappa shape index (κ3) is 1.99. The van der Waals surface area contributed by atoms with Gasteiger partial charge in [-0.05, 0) is 31.5 Å². The van der Waals surface area contributed by atoms with Gasteiger partial charge in [-0.25, -0.2) is 0 Å². The second-order valence-corrected chi connectivity index (χ2v) is 5.66. The third-order valence-electron chi connectivity index (χ3n) is 4.09. The molecular weight excluding hydrogens is 264 g/mol. The minimum absolute atomic E-state index is 0.437. The maximum Gasteiger partial charge on any atom is 0.250 e. The van der Waals surface area contributed by atoms with Crippen molar-refractivity contribution >= 4 is 27.7 Å². The van der Waals surface area contributed by atoms with Crippen molar-refractivity contribution in [3.63, 3.8) is 0 Å². The highest BCUT2D eigenvalue weighted by Crippen LogP contribution is 2.37. The number of aromatic nitrogens is 1. The van der Waals surface area contributed by atoms with Crippen LogP contribution in [-0.4, -0.2) is 18.0 Å². The molecule has 3 rings (SSSR count). The number of H-pyrrole nitrogens is 1. The summed E-state index contributed by atoms with van der Waals surface area (Å²) in [6.07, 6.45) is 0. The number of hydrogen-bond donors (Lipinski definition) is 2. The quantitative estimate of drug-likeness (QED) is 0.774. The van der Waals surface area contributed by atoms with Gasteiger partial charge < -0.3 is 15.5 Å². The first-order chi connectivity index (χ1) is 9.95. The number of hydrogen-bond acceptors (Lipinski definition) is 2. The minimum Gasteiger partial charge on any atom is -0.374 e. The Morgan fingerprint density at radius 3 is 2.57 bits per heavy atom. The van der Waals surface area contributed by atoms with E-state index in [1.165, 1.54) is 0 Å². The van der Waals surface area contributed by atoms with E-state index in [4.69, 9.17) is 10.5 Å². The van der Waals surface area contributed by atoms with Crippen molar-refractivity contribution in [2.45, 2.75) is 19.4 Å². The summed E-state index contributed by atoms with van der Waals surface area (Å²) in [6.45, 7) is 4.01. The highest BCUT2D eigenvalue weighted by Gasteiger charge is 2.25. The van der Waals surface area contributed by atoms with E-state index in [9.17, 15) is 4.79 Å². The molecule has 0 saturated heterocycles. The van der Waals surface area contributed by atoms with Crippen LogP contribution >= 0.6 is 0 Å². The van der Waals surface area contributed by atoms with Crippen LogP contribution in [0.4, 0.5) is 0 Å². The number of nitrogens with one attached hydrogen (secondary N) is 1. The van der Waals surface area contributed by atoms with Gasteiger partial charge in [0, 0.05) is 23.4 Å². The molecule has 1 aromatic heterocycles. The number of methoxy groups -OCH3 is 1. The van der Waals surface area contributed by atoms with Crippen LogP contribution < -0.4 is 5.73 Å². The van der Waals surface area contributed by atoms with E-state index in [2.05, 4.69) is 4.98 Å². The molecule has 0 aliphatic heterocycles. The van der Waals surface area contributed by atoms with Crippen molar-refractivity contribution in [1.29, 1.82) is 0 Å². The number of carbonyl (C=O) groups excluding carboxylic acids is 1. The van der Waals surface area contributed by atoms with Crippen LogP contribution in [0.15, 0.2) is 36.4 Å². The number of carbonyl (C=O) groups is 1. The Hall–Kier alpha value is -2.33. The van der Waals surface area contributed by atoms with Gasteiger partial charge in [0.2, 0.25) is 0 Å². The van der Waals surface area contributed by atoms with Crippen LogP contribution in [0.25, 0.3) is 21.8 Å². The lowest BCUT2D eigenvalue weighted by Crippen LogP contribution is -2.20. The van der Waals surface area contributed by atoms with E-state index in [0.717, 1.165) is 27.4 Å². The van der Waals surface area contributed by atoms with Crippen molar-refractivity contribution in [2.24, 2.45) is 5.73 Å². The van der Waals surface area contributed by atoms with Gasteiger partial charge in [0.1, 0.15) is 0 Å². The Kier molecular flexibility index (Phi) is 2.99. The zero-order chi connectivity index (χ0) is 15.2. The molecule has 0 fully saturated rings. The molecule has 0 spiro atoms. The molecule has 0 unspecified atom stereocenters. The van der Waals surface area contributed by atoms with E-state index in [0.29, 0.717) is 5.56 Å². The molecule has 0 radical (unpaired) electrons. The average molecular weight is 282 g/mol. The molecule has 2 aromatic carbocycles. The van der Waals surface area contributed by atoms with Gasteiger partial charge in [-0.1, -0.05) is 24.3 Å². The second-order valence-electron chi connectivity index (χ2n) is 5.66. The molecule has 3 N–H and O–H groups in total. The van der Waals surface area contributed by atoms with Gasteiger partial charge >= 0.3 is 0 Å². The SMILES string of the molecule is COC(C)(C)c1ccc(C(N)=O)c2[nH]c3ccccc3c12. The maximum absolute atomic E-state index is 11.7. The monoisotopic (exact) mass is 282 g/mol.